The lowest BCUT2D eigenvalue weighted by Crippen LogP contribution is -2.12. The Morgan fingerprint density at radius 2 is 1.62 bits per heavy atom. The van der Waals surface area contributed by atoms with E-state index in [9.17, 15) is 9.59 Å². The van der Waals surface area contributed by atoms with Crippen molar-refractivity contribution in [3.05, 3.63) is 46.3 Å². The summed E-state index contributed by atoms with van der Waals surface area (Å²) in [6.07, 6.45) is 0. The fraction of sp³-hybridized carbons (Fsp3) is 0.125. The lowest BCUT2D eigenvalue weighted by atomic mass is 10.1. The SMILES string of the molecule is CC(=O)Nc1nc(C(=O)Nc2nc(-c3ccc(C)cc3)cs2)cs1. The Kier molecular flexibility index (Phi) is 4.68. The number of thiazole rings is 2. The van der Waals surface area contributed by atoms with E-state index in [2.05, 4.69) is 20.6 Å². The summed E-state index contributed by atoms with van der Waals surface area (Å²) in [7, 11) is 0. The van der Waals surface area contributed by atoms with Crippen LogP contribution in [0.4, 0.5) is 10.3 Å². The fourth-order valence-corrected chi connectivity index (χ4v) is 3.39. The maximum absolute atomic E-state index is 12.2. The van der Waals surface area contributed by atoms with E-state index in [1.54, 1.807) is 5.38 Å². The number of carbonyl (C=O) groups is 2. The highest BCUT2D eigenvalue weighted by Crippen LogP contribution is 2.25. The second-order valence-electron chi connectivity index (χ2n) is 5.08. The molecule has 0 fully saturated rings. The molecule has 2 aromatic heterocycles. The molecule has 3 rings (SSSR count). The van der Waals surface area contributed by atoms with Gasteiger partial charge in [0, 0.05) is 23.2 Å². The van der Waals surface area contributed by atoms with Crippen molar-refractivity contribution in [3.63, 3.8) is 0 Å². The van der Waals surface area contributed by atoms with Crippen LogP contribution in [0.2, 0.25) is 0 Å². The first-order chi connectivity index (χ1) is 11.5. The van der Waals surface area contributed by atoms with Crippen LogP contribution in [0.15, 0.2) is 35.0 Å². The topological polar surface area (TPSA) is 84.0 Å². The van der Waals surface area contributed by atoms with Crippen LogP contribution in [0.3, 0.4) is 0 Å². The molecule has 1 aromatic carbocycles. The number of aromatic nitrogens is 2. The van der Waals surface area contributed by atoms with E-state index in [1.165, 1.54) is 35.2 Å². The minimum atomic E-state index is -0.354. The third-order valence-corrected chi connectivity index (χ3v) is 4.61. The smallest absolute Gasteiger partial charge is 0.276 e. The molecule has 2 amide bonds. The molecular formula is C16H14N4O2S2. The summed E-state index contributed by atoms with van der Waals surface area (Å²) >= 11 is 2.55. The van der Waals surface area contributed by atoms with Crippen LogP contribution in [-0.2, 0) is 4.79 Å². The van der Waals surface area contributed by atoms with Crippen LogP contribution in [0.5, 0.6) is 0 Å². The van der Waals surface area contributed by atoms with Gasteiger partial charge < -0.3 is 5.32 Å². The summed E-state index contributed by atoms with van der Waals surface area (Å²) in [4.78, 5) is 31.7. The van der Waals surface area contributed by atoms with E-state index in [1.807, 2.05) is 36.6 Å². The summed E-state index contributed by atoms with van der Waals surface area (Å²) in [5.74, 6) is -0.577. The molecule has 2 heterocycles. The standard InChI is InChI=1S/C16H14N4O2S2/c1-9-3-5-11(6-4-9)12-7-23-16(18-12)20-14(22)13-8-24-15(19-13)17-10(2)21/h3-8H,1-2H3,(H,17,19,21)(H,18,20,22). The van der Waals surface area contributed by atoms with Gasteiger partial charge in [-0.05, 0) is 6.92 Å². The van der Waals surface area contributed by atoms with Crippen LogP contribution in [0, 0.1) is 6.92 Å². The minimum Gasteiger partial charge on any atom is -0.302 e. The first kappa shape index (κ1) is 16.3. The van der Waals surface area contributed by atoms with E-state index in [-0.39, 0.29) is 17.5 Å². The molecule has 3 aromatic rings. The third kappa shape index (κ3) is 3.84. The maximum Gasteiger partial charge on any atom is 0.276 e. The predicted octanol–water partition coefficient (Wildman–Crippen LogP) is 3.79. The van der Waals surface area contributed by atoms with Crippen molar-refractivity contribution >= 4 is 44.8 Å². The zero-order chi connectivity index (χ0) is 17.1. The zero-order valence-corrected chi connectivity index (χ0v) is 14.6. The molecule has 122 valence electrons. The van der Waals surface area contributed by atoms with Crippen LogP contribution in [-0.4, -0.2) is 21.8 Å². The molecule has 0 aliphatic carbocycles. The van der Waals surface area contributed by atoms with Gasteiger partial charge in [-0.15, -0.1) is 22.7 Å². The van der Waals surface area contributed by atoms with Gasteiger partial charge in [0.05, 0.1) is 5.69 Å². The summed E-state index contributed by atoms with van der Waals surface area (Å²) in [6.45, 7) is 3.42. The number of hydrogen-bond donors (Lipinski definition) is 2. The highest BCUT2D eigenvalue weighted by Gasteiger charge is 2.14. The van der Waals surface area contributed by atoms with Gasteiger partial charge in [-0.1, -0.05) is 29.8 Å². The van der Waals surface area contributed by atoms with Gasteiger partial charge in [-0.3, -0.25) is 14.9 Å². The molecule has 2 N–H and O–H groups in total. The quantitative estimate of drug-likeness (QED) is 0.743. The zero-order valence-electron chi connectivity index (χ0n) is 13.0. The van der Waals surface area contributed by atoms with E-state index in [0.717, 1.165) is 11.3 Å². The van der Waals surface area contributed by atoms with Gasteiger partial charge >= 0.3 is 0 Å². The van der Waals surface area contributed by atoms with Gasteiger partial charge in [0.2, 0.25) is 5.91 Å². The van der Waals surface area contributed by atoms with Crippen molar-refractivity contribution in [2.24, 2.45) is 0 Å². The van der Waals surface area contributed by atoms with Gasteiger partial charge in [0.15, 0.2) is 10.3 Å². The lowest BCUT2D eigenvalue weighted by Gasteiger charge is -1.99. The van der Waals surface area contributed by atoms with E-state index < -0.39 is 0 Å². The Morgan fingerprint density at radius 3 is 2.33 bits per heavy atom. The van der Waals surface area contributed by atoms with E-state index in [4.69, 9.17) is 0 Å². The van der Waals surface area contributed by atoms with E-state index in [0.29, 0.717) is 10.3 Å². The molecule has 24 heavy (non-hydrogen) atoms. The first-order valence-electron chi connectivity index (χ1n) is 7.08. The molecule has 6 nitrogen and oxygen atoms in total. The second-order valence-corrected chi connectivity index (χ2v) is 6.79. The second kappa shape index (κ2) is 6.90. The number of rotatable bonds is 4. The molecule has 0 saturated heterocycles. The first-order valence-corrected chi connectivity index (χ1v) is 8.84. The highest BCUT2D eigenvalue weighted by atomic mass is 32.1. The van der Waals surface area contributed by atoms with Crippen LogP contribution in [0.25, 0.3) is 11.3 Å². The molecule has 0 bridgehead atoms. The van der Waals surface area contributed by atoms with Crippen molar-refractivity contribution in [3.8, 4) is 11.3 Å². The normalized spacial score (nSPS) is 10.4. The monoisotopic (exact) mass is 358 g/mol. The van der Waals surface area contributed by atoms with Crippen molar-refractivity contribution in [2.45, 2.75) is 13.8 Å². The molecule has 0 aliphatic rings. The number of benzene rings is 1. The van der Waals surface area contributed by atoms with Crippen LogP contribution >= 0.6 is 22.7 Å². The number of nitrogens with one attached hydrogen (secondary N) is 2. The number of hydrogen-bond acceptors (Lipinski definition) is 6. The van der Waals surface area contributed by atoms with Gasteiger partial charge in [-0.2, -0.15) is 0 Å². The van der Waals surface area contributed by atoms with Crippen LogP contribution in [0.1, 0.15) is 23.0 Å². The molecule has 0 saturated carbocycles. The molecule has 0 unspecified atom stereocenters. The summed E-state index contributed by atoms with van der Waals surface area (Å²) < 4.78 is 0. The molecule has 0 atom stereocenters. The Morgan fingerprint density at radius 1 is 0.958 bits per heavy atom. The average Bonchev–Trinajstić information content (AvgIpc) is 3.17. The van der Waals surface area contributed by atoms with Crippen molar-refractivity contribution in [1.29, 1.82) is 0 Å². The Bertz CT molecular complexity index is 884. The summed E-state index contributed by atoms with van der Waals surface area (Å²) in [6, 6.07) is 8.03. The van der Waals surface area contributed by atoms with Gasteiger partial charge in [-0.25, -0.2) is 9.97 Å². The molecule has 0 spiro atoms. The van der Waals surface area contributed by atoms with Crippen molar-refractivity contribution in [1.82, 2.24) is 9.97 Å². The molecular weight excluding hydrogens is 344 g/mol. The lowest BCUT2D eigenvalue weighted by molar-refractivity contribution is -0.114. The summed E-state index contributed by atoms with van der Waals surface area (Å²) in [5.41, 5.74) is 3.24. The number of aryl methyl sites for hydroxylation is 1. The Hall–Kier alpha value is -2.58. The number of amides is 2. The average molecular weight is 358 g/mol. The maximum atomic E-state index is 12.2. The fourth-order valence-electron chi connectivity index (χ4n) is 1.94. The van der Waals surface area contributed by atoms with Crippen molar-refractivity contribution in [2.75, 3.05) is 10.6 Å². The highest BCUT2D eigenvalue weighted by molar-refractivity contribution is 7.14. The Balaban J connectivity index is 1.70. The predicted molar refractivity (Wildman–Crippen MR) is 96.7 cm³/mol. The van der Waals surface area contributed by atoms with Crippen molar-refractivity contribution < 1.29 is 9.59 Å². The third-order valence-electron chi connectivity index (χ3n) is 3.09. The van der Waals surface area contributed by atoms with Crippen LogP contribution < -0.4 is 10.6 Å². The number of carbonyl (C=O) groups excluding carboxylic acids is 2. The molecule has 0 aliphatic heterocycles. The number of anilines is 2. The van der Waals surface area contributed by atoms with Gasteiger partial charge in [0.1, 0.15) is 5.69 Å². The molecule has 8 heteroatoms. The number of nitrogens with zero attached hydrogens (tertiary/aromatic N) is 2. The molecule has 0 radical (unpaired) electrons. The Labute approximate surface area is 146 Å². The summed E-state index contributed by atoms with van der Waals surface area (Å²) in [5, 5.41) is 9.66. The van der Waals surface area contributed by atoms with E-state index >= 15 is 0 Å². The van der Waals surface area contributed by atoms with Gasteiger partial charge in [0.25, 0.3) is 5.91 Å². The minimum absolute atomic E-state index is 0.223. The largest absolute Gasteiger partial charge is 0.302 e.